The zero-order valence-electron chi connectivity index (χ0n) is 17.0. The fourth-order valence-electron chi connectivity index (χ4n) is 5.32. The van der Waals surface area contributed by atoms with Crippen LogP contribution in [0.2, 0.25) is 15.1 Å². The molecular weight excluding hydrogens is 437 g/mol. The molecule has 0 amide bonds. The van der Waals surface area contributed by atoms with Crippen LogP contribution in [0.25, 0.3) is 11.0 Å². The highest BCUT2D eigenvalue weighted by molar-refractivity contribution is 6.42. The highest BCUT2D eigenvalue weighted by Gasteiger charge is 2.33. The van der Waals surface area contributed by atoms with Crippen molar-refractivity contribution >= 4 is 45.8 Å². The number of nitrogens with zero attached hydrogens (tertiary/aromatic N) is 3. The number of fused-ring (bicyclic) bond motifs is 2. The molecule has 0 radical (unpaired) electrons. The van der Waals surface area contributed by atoms with Gasteiger partial charge in [0.05, 0.1) is 21.1 Å². The topological polar surface area (TPSA) is 21.1 Å². The molecule has 30 heavy (non-hydrogen) atoms. The molecule has 158 valence electrons. The summed E-state index contributed by atoms with van der Waals surface area (Å²) in [5, 5.41) is 1.90. The highest BCUT2D eigenvalue weighted by Crippen LogP contribution is 2.35. The molecule has 2 fully saturated rings. The van der Waals surface area contributed by atoms with E-state index in [0.29, 0.717) is 22.0 Å². The first-order valence-electron chi connectivity index (χ1n) is 10.9. The van der Waals surface area contributed by atoms with Gasteiger partial charge in [0.25, 0.3) is 0 Å². The first-order chi connectivity index (χ1) is 14.6. The minimum absolute atomic E-state index is 0.558. The Labute approximate surface area is 192 Å². The third-order valence-electron chi connectivity index (χ3n) is 6.79. The van der Waals surface area contributed by atoms with Gasteiger partial charge in [0.2, 0.25) is 0 Å². The van der Waals surface area contributed by atoms with Gasteiger partial charge in [-0.25, -0.2) is 4.98 Å². The first kappa shape index (κ1) is 20.6. The lowest BCUT2D eigenvalue weighted by molar-refractivity contribution is 0.0521. The molecule has 3 aromatic rings. The van der Waals surface area contributed by atoms with Gasteiger partial charge in [0, 0.05) is 24.0 Å². The van der Waals surface area contributed by atoms with Gasteiger partial charge >= 0.3 is 0 Å². The molecule has 0 unspecified atom stereocenters. The van der Waals surface area contributed by atoms with Gasteiger partial charge in [-0.05, 0) is 74.5 Å². The SMILES string of the molecule is Clc1ccc(Cc2nc3cc(Cl)c(Cl)cc3n2C[C@@H]2CCCN3CCCC[C@H]23)cc1. The highest BCUT2D eigenvalue weighted by atomic mass is 35.5. The molecule has 5 rings (SSSR count). The van der Waals surface area contributed by atoms with E-state index < -0.39 is 0 Å². The Kier molecular flexibility index (Phi) is 5.99. The van der Waals surface area contributed by atoms with Crippen LogP contribution in [-0.4, -0.2) is 33.6 Å². The molecule has 2 aliphatic rings. The van der Waals surface area contributed by atoms with E-state index in [9.17, 15) is 0 Å². The second-order valence-corrected chi connectivity index (χ2v) is 9.95. The summed E-state index contributed by atoms with van der Waals surface area (Å²) >= 11 is 18.8. The van der Waals surface area contributed by atoms with Crippen LogP contribution in [0.1, 0.15) is 43.5 Å². The summed E-state index contributed by atoms with van der Waals surface area (Å²) in [7, 11) is 0. The Morgan fingerprint density at radius 3 is 2.50 bits per heavy atom. The molecule has 3 nitrogen and oxygen atoms in total. The van der Waals surface area contributed by atoms with Gasteiger partial charge in [0.15, 0.2) is 0 Å². The van der Waals surface area contributed by atoms with E-state index in [1.165, 1.54) is 50.8 Å². The van der Waals surface area contributed by atoms with E-state index in [-0.39, 0.29) is 0 Å². The Balaban J connectivity index is 1.52. The summed E-state index contributed by atoms with van der Waals surface area (Å²) < 4.78 is 2.40. The maximum atomic E-state index is 6.40. The van der Waals surface area contributed by atoms with Crippen LogP contribution < -0.4 is 0 Å². The maximum absolute atomic E-state index is 6.40. The van der Waals surface area contributed by atoms with Crippen molar-refractivity contribution in [3.05, 3.63) is 62.9 Å². The van der Waals surface area contributed by atoms with E-state index >= 15 is 0 Å². The number of hydrogen-bond donors (Lipinski definition) is 0. The van der Waals surface area contributed by atoms with Gasteiger partial charge < -0.3 is 9.47 Å². The number of benzene rings is 2. The largest absolute Gasteiger partial charge is 0.327 e. The van der Waals surface area contributed by atoms with Crippen LogP contribution in [0.3, 0.4) is 0 Å². The summed E-state index contributed by atoms with van der Waals surface area (Å²) in [5.41, 5.74) is 3.21. The number of hydrogen-bond acceptors (Lipinski definition) is 2. The number of imidazole rings is 1. The summed E-state index contributed by atoms with van der Waals surface area (Å²) in [6, 6.07) is 12.6. The third-order valence-corrected chi connectivity index (χ3v) is 7.76. The molecular formula is C24H26Cl3N3. The second kappa shape index (κ2) is 8.70. The van der Waals surface area contributed by atoms with Crippen molar-refractivity contribution in [3.63, 3.8) is 0 Å². The average Bonchev–Trinajstić information content (AvgIpc) is 3.06. The quantitative estimate of drug-likeness (QED) is 0.422. The fraction of sp³-hybridized carbons (Fsp3) is 0.458. The molecule has 2 aliphatic heterocycles. The van der Waals surface area contributed by atoms with E-state index in [4.69, 9.17) is 39.8 Å². The first-order valence-corrected chi connectivity index (χ1v) is 12.0. The number of rotatable bonds is 4. The van der Waals surface area contributed by atoms with Crippen LogP contribution in [0, 0.1) is 5.92 Å². The van der Waals surface area contributed by atoms with Gasteiger partial charge in [0.1, 0.15) is 5.82 Å². The van der Waals surface area contributed by atoms with Crippen LogP contribution in [0.15, 0.2) is 36.4 Å². The minimum Gasteiger partial charge on any atom is -0.327 e. The van der Waals surface area contributed by atoms with Crippen molar-refractivity contribution in [2.75, 3.05) is 13.1 Å². The van der Waals surface area contributed by atoms with Gasteiger partial charge in [-0.1, -0.05) is 53.4 Å². The van der Waals surface area contributed by atoms with Gasteiger partial charge in [-0.2, -0.15) is 0 Å². The predicted molar refractivity (Wildman–Crippen MR) is 126 cm³/mol. The zero-order chi connectivity index (χ0) is 20.7. The second-order valence-electron chi connectivity index (χ2n) is 8.70. The van der Waals surface area contributed by atoms with Crippen molar-refractivity contribution in [1.82, 2.24) is 14.5 Å². The maximum Gasteiger partial charge on any atom is 0.114 e. The molecule has 2 aromatic carbocycles. The molecule has 2 saturated heterocycles. The number of halogens is 3. The van der Waals surface area contributed by atoms with E-state index in [2.05, 4.69) is 21.6 Å². The molecule has 0 N–H and O–H groups in total. The van der Waals surface area contributed by atoms with Crippen LogP contribution in [0.4, 0.5) is 0 Å². The predicted octanol–water partition coefficient (Wildman–Crippen LogP) is 6.85. The normalized spacial score (nSPS) is 22.4. The lowest BCUT2D eigenvalue weighted by Gasteiger charge is -2.44. The Bertz CT molecular complexity index is 1040. The number of aromatic nitrogens is 2. The Morgan fingerprint density at radius 2 is 1.67 bits per heavy atom. The van der Waals surface area contributed by atoms with Crippen LogP contribution in [0.5, 0.6) is 0 Å². The Morgan fingerprint density at radius 1 is 0.900 bits per heavy atom. The summed E-state index contributed by atoms with van der Waals surface area (Å²) in [5.74, 6) is 1.72. The van der Waals surface area contributed by atoms with Crippen molar-refractivity contribution in [3.8, 4) is 0 Å². The smallest absolute Gasteiger partial charge is 0.114 e. The van der Waals surface area contributed by atoms with Crippen molar-refractivity contribution < 1.29 is 0 Å². The molecule has 0 saturated carbocycles. The van der Waals surface area contributed by atoms with Crippen LogP contribution in [-0.2, 0) is 13.0 Å². The van der Waals surface area contributed by atoms with E-state index in [0.717, 1.165) is 34.8 Å². The van der Waals surface area contributed by atoms with Crippen molar-refractivity contribution in [1.29, 1.82) is 0 Å². The van der Waals surface area contributed by atoms with E-state index in [1.807, 2.05) is 24.3 Å². The summed E-state index contributed by atoms with van der Waals surface area (Å²) in [6.45, 7) is 3.49. The summed E-state index contributed by atoms with van der Waals surface area (Å²) in [4.78, 5) is 7.70. The molecule has 3 heterocycles. The summed E-state index contributed by atoms with van der Waals surface area (Å²) in [6.07, 6.45) is 7.34. The molecule has 0 spiro atoms. The number of piperidine rings is 2. The van der Waals surface area contributed by atoms with Crippen molar-refractivity contribution in [2.24, 2.45) is 5.92 Å². The Hall–Kier alpha value is -1.26. The third kappa shape index (κ3) is 4.10. The van der Waals surface area contributed by atoms with Gasteiger partial charge in [-0.3, -0.25) is 0 Å². The monoisotopic (exact) mass is 461 g/mol. The molecule has 6 heteroatoms. The molecule has 1 aromatic heterocycles. The average molecular weight is 463 g/mol. The van der Waals surface area contributed by atoms with Crippen LogP contribution >= 0.6 is 34.8 Å². The van der Waals surface area contributed by atoms with Gasteiger partial charge in [-0.15, -0.1) is 0 Å². The molecule has 0 bridgehead atoms. The lowest BCUT2D eigenvalue weighted by atomic mass is 9.83. The lowest BCUT2D eigenvalue weighted by Crippen LogP contribution is -2.49. The van der Waals surface area contributed by atoms with Crippen molar-refractivity contribution in [2.45, 2.75) is 51.1 Å². The van der Waals surface area contributed by atoms with E-state index in [1.54, 1.807) is 0 Å². The minimum atomic E-state index is 0.558. The zero-order valence-corrected chi connectivity index (χ0v) is 19.2. The molecule has 0 aliphatic carbocycles. The molecule has 2 atom stereocenters. The standard InChI is InChI=1S/C24H26Cl3N3/c25-18-8-6-16(7-9-18)12-24-28-21-13-19(26)20(27)14-23(21)30(24)15-17-4-3-11-29-10-2-1-5-22(17)29/h6-9,13-14,17,22H,1-5,10-12,15H2/t17-,22+/m0/s1. The fourth-order valence-corrected chi connectivity index (χ4v) is 5.76.